The van der Waals surface area contributed by atoms with Gasteiger partial charge in [-0.3, -0.25) is 14.6 Å². The number of thioether (sulfide) groups is 1. The van der Waals surface area contributed by atoms with Gasteiger partial charge in [0.15, 0.2) is 0 Å². The molecule has 0 spiro atoms. The minimum absolute atomic E-state index is 0.0257. The highest BCUT2D eigenvalue weighted by Gasteiger charge is 2.17. The van der Waals surface area contributed by atoms with Crippen molar-refractivity contribution < 1.29 is 9.59 Å². The van der Waals surface area contributed by atoms with Crippen molar-refractivity contribution in [3.05, 3.63) is 54.4 Å². The normalized spacial score (nSPS) is 13.0. The van der Waals surface area contributed by atoms with E-state index in [2.05, 4.69) is 15.6 Å². The number of nitrogens with one attached hydrogen (secondary N) is 2. The Morgan fingerprint density at radius 3 is 2.42 bits per heavy atom. The van der Waals surface area contributed by atoms with Crippen molar-refractivity contribution in [2.45, 2.75) is 37.0 Å². The molecule has 1 aromatic heterocycles. The summed E-state index contributed by atoms with van der Waals surface area (Å²) in [6.45, 7) is 5.28. The maximum atomic E-state index is 12.3. The number of amides is 2. The maximum absolute atomic E-state index is 12.3. The van der Waals surface area contributed by atoms with Crippen molar-refractivity contribution in [3.8, 4) is 0 Å². The minimum Gasteiger partial charge on any atom is -0.349 e. The van der Waals surface area contributed by atoms with Gasteiger partial charge in [0.05, 0.1) is 11.3 Å². The Kier molecular flexibility index (Phi) is 6.37. The predicted octanol–water partition coefficient (Wildman–Crippen LogP) is 3.40. The Balaban J connectivity index is 1.90. The van der Waals surface area contributed by atoms with E-state index >= 15 is 0 Å². The molecule has 2 amide bonds. The van der Waals surface area contributed by atoms with Crippen molar-refractivity contribution in [3.63, 3.8) is 0 Å². The first-order valence-electron chi connectivity index (χ1n) is 7.70. The number of rotatable bonds is 6. The van der Waals surface area contributed by atoms with E-state index in [0.717, 1.165) is 16.1 Å². The summed E-state index contributed by atoms with van der Waals surface area (Å²) in [6.07, 6.45) is 3.46. The van der Waals surface area contributed by atoms with Gasteiger partial charge in [0.1, 0.15) is 0 Å². The van der Waals surface area contributed by atoms with E-state index in [-0.39, 0.29) is 23.1 Å². The Labute approximate surface area is 146 Å². The third-order valence-corrected chi connectivity index (χ3v) is 4.51. The number of carbonyl (C=O) groups is 2. The molecule has 0 saturated carbocycles. The molecule has 0 fully saturated rings. The summed E-state index contributed by atoms with van der Waals surface area (Å²) in [5.41, 5.74) is 1.72. The molecule has 2 atom stereocenters. The molecule has 5 nitrogen and oxygen atoms in total. The zero-order valence-electron chi connectivity index (χ0n) is 13.9. The van der Waals surface area contributed by atoms with E-state index < -0.39 is 0 Å². The van der Waals surface area contributed by atoms with Crippen LogP contribution in [0.3, 0.4) is 0 Å². The van der Waals surface area contributed by atoms with Gasteiger partial charge in [-0.1, -0.05) is 6.07 Å². The van der Waals surface area contributed by atoms with Gasteiger partial charge < -0.3 is 10.6 Å². The number of hydrogen-bond donors (Lipinski definition) is 2. The molecule has 24 heavy (non-hydrogen) atoms. The lowest BCUT2D eigenvalue weighted by Gasteiger charge is -2.17. The Morgan fingerprint density at radius 2 is 1.83 bits per heavy atom. The van der Waals surface area contributed by atoms with Crippen LogP contribution in [0, 0.1) is 0 Å². The Hall–Kier alpha value is -2.34. The van der Waals surface area contributed by atoms with Crippen molar-refractivity contribution >= 4 is 29.3 Å². The summed E-state index contributed by atoms with van der Waals surface area (Å²) >= 11 is 1.48. The number of hydrogen-bond acceptors (Lipinski definition) is 4. The van der Waals surface area contributed by atoms with Crippen molar-refractivity contribution in [1.82, 2.24) is 10.3 Å². The van der Waals surface area contributed by atoms with Gasteiger partial charge in [-0.15, -0.1) is 11.8 Å². The van der Waals surface area contributed by atoms with Crippen LogP contribution in [0.4, 0.5) is 5.69 Å². The molecule has 0 saturated heterocycles. The molecule has 0 aliphatic carbocycles. The summed E-state index contributed by atoms with van der Waals surface area (Å²) in [5, 5.41) is 5.49. The van der Waals surface area contributed by atoms with Crippen LogP contribution in [0.5, 0.6) is 0 Å². The molecule has 2 rings (SSSR count). The third-order valence-electron chi connectivity index (χ3n) is 3.40. The Bertz CT molecular complexity index is 689. The number of aromatic nitrogens is 1. The molecule has 0 unspecified atom stereocenters. The third kappa shape index (κ3) is 5.38. The SMILES string of the molecule is CC(=O)Nc1ccc(S[C@@H](C)C(=O)N[C@H](C)c2cccnc2)cc1. The van der Waals surface area contributed by atoms with Crippen LogP contribution in [0.25, 0.3) is 0 Å². The number of carbonyl (C=O) groups excluding carboxylic acids is 2. The van der Waals surface area contributed by atoms with Crippen LogP contribution < -0.4 is 10.6 Å². The summed E-state index contributed by atoms with van der Waals surface area (Å²) in [5.74, 6) is -0.130. The van der Waals surface area contributed by atoms with E-state index in [4.69, 9.17) is 0 Å². The topological polar surface area (TPSA) is 71.1 Å². The van der Waals surface area contributed by atoms with Crippen molar-refractivity contribution in [1.29, 1.82) is 0 Å². The molecule has 126 valence electrons. The fraction of sp³-hybridized carbons (Fsp3) is 0.278. The molecule has 0 aliphatic rings. The second-order valence-electron chi connectivity index (χ2n) is 5.48. The van der Waals surface area contributed by atoms with E-state index in [1.165, 1.54) is 18.7 Å². The van der Waals surface area contributed by atoms with Crippen molar-refractivity contribution in [2.75, 3.05) is 5.32 Å². The summed E-state index contributed by atoms with van der Waals surface area (Å²) in [7, 11) is 0. The second kappa shape index (κ2) is 8.49. The molecular formula is C18H21N3O2S. The van der Waals surface area contributed by atoms with Crippen molar-refractivity contribution in [2.24, 2.45) is 0 Å². The van der Waals surface area contributed by atoms with E-state index in [0.29, 0.717) is 0 Å². The molecule has 0 aliphatic heterocycles. The molecule has 1 heterocycles. The van der Waals surface area contributed by atoms with Crippen LogP contribution in [0.15, 0.2) is 53.7 Å². The zero-order valence-corrected chi connectivity index (χ0v) is 14.8. The molecule has 6 heteroatoms. The summed E-state index contributed by atoms with van der Waals surface area (Å²) < 4.78 is 0. The molecular weight excluding hydrogens is 322 g/mol. The second-order valence-corrected chi connectivity index (χ2v) is 6.90. The van der Waals surface area contributed by atoms with Gasteiger partial charge in [-0.05, 0) is 49.7 Å². The average molecular weight is 343 g/mol. The van der Waals surface area contributed by atoms with Gasteiger partial charge in [-0.25, -0.2) is 0 Å². The van der Waals surface area contributed by atoms with Crippen LogP contribution in [-0.4, -0.2) is 22.0 Å². The number of benzene rings is 1. The van der Waals surface area contributed by atoms with E-state index in [1.54, 1.807) is 12.4 Å². The van der Waals surface area contributed by atoms with Gasteiger partial charge in [0, 0.05) is 29.9 Å². The average Bonchev–Trinajstić information content (AvgIpc) is 2.56. The largest absolute Gasteiger partial charge is 0.349 e. The molecule has 2 N–H and O–H groups in total. The van der Waals surface area contributed by atoms with Gasteiger partial charge in [0.25, 0.3) is 0 Å². The molecule has 2 aromatic rings. The van der Waals surface area contributed by atoms with E-state index in [9.17, 15) is 9.59 Å². The highest BCUT2D eigenvalue weighted by atomic mass is 32.2. The quantitative estimate of drug-likeness (QED) is 0.789. The highest BCUT2D eigenvalue weighted by molar-refractivity contribution is 8.00. The van der Waals surface area contributed by atoms with Gasteiger partial charge in [0.2, 0.25) is 11.8 Å². The number of anilines is 1. The first kappa shape index (κ1) is 18.0. The summed E-state index contributed by atoms with van der Waals surface area (Å²) in [6, 6.07) is 11.1. The standard InChI is InChI=1S/C18H21N3O2S/c1-12(15-5-4-10-19-11-15)20-18(23)13(2)24-17-8-6-16(7-9-17)21-14(3)22/h4-13H,1-3H3,(H,20,23)(H,21,22)/t12-,13+/m1/s1. The predicted molar refractivity (Wildman–Crippen MR) is 96.9 cm³/mol. The molecule has 1 aromatic carbocycles. The smallest absolute Gasteiger partial charge is 0.233 e. The van der Waals surface area contributed by atoms with Gasteiger partial charge in [-0.2, -0.15) is 0 Å². The fourth-order valence-electron chi connectivity index (χ4n) is 2.12. The van der Waals surface area contributed by atoms with Crippen LogP contribution >= 0.6 is 11.8 Å². The maximum Gasteiger partial charge on any atom is 0.233 e. The first-order chi connectivity index (χ1) is 11.5. The van der Waals surface area contributed by atoms with Gasteiger partial charge >= 0.3 is 0 Å². The zero-order chi connectivity index (χ0) is 17.5. The lowest BCUT2D eigenvalue weighted by atomic mass is 10.1. The fourth-order valence-corrected chi connectivity index (χ4v) is 3.00. The molecule has 0 bridgehead atoms. The van der Waals surface area contributed by atoms with E-state index in [1.807, 2.05) is 50.2 Å². The van der Waals surface area contributed by atoms with Crippen LogP contribution in [-0.2, 0) is 9.59 Å². The monoisotopic (exact) mass is 343 g/mol. The lowest BCUT2D eigenvalue weighted by Crippen LogP contribution is -2.33. The number of pyridine rings is 1. The molecule has 0 radical (unpaired) electrons. The lowest BCUT2D eigenvalue weighted by molar-refractivity contribution is -0.121. The highest BCUT2D eigenvalue weighted by Crippen LogP contribution is 2.25. The first-order valence-corrected chi connectivity index (χ1v) is 8.58. The number of nitrogens with zero attached hydrogens (tertiary/aromatic N) is 1. The van der Waals surface area contributed by atoms with Crippen LogP contribution in [0.1, 0.15) is 32.4 Å². The summed E-state index contributed by atoms with van der Waals surface area (Å²) in [4.78, 5) is 28.4. The minimum atomic E-state index is -0.226. The Morgan fingerprint density at radius 1 is 1.12 bits per heavy atom. The van der Waals surface area contributed by atoms with Crippen LogP contribution in [0.2, 0.25) is 0 Å².